The maximum absolute atomic E-state index is 13.3. The molecule has 1 aliphatic heterocycles. The number of ether oxygens (including phenoxy) is 2. The van der Waals surface area contributed by atoms with E-state index < -0.39 is 0 Å². The lowest BCUT2D eigenvalue weighted by atomic mass is 9.77. The summed E-state index contributed by atoms with van der Waals surface area (Å²) in [7, 11) is 3.50. The SMILES string of the molecule is CC.CC.CCC1=C(C(C)/C=C(\C)C2(N(CC3CC3)C(C)=O)CCN(Cc3cc(C)cc(C)c3)CC2)C(OC)=CCC(OC)=C1. The molecule has 0 N–H and O–H groups in total. The van der Waals surface area contributed by atoms with Crippen molar-refractivity contribution in [3.8, 4) is 0 Å². The molecule has 1 saturated heterocycles. The van der Waals surface area contributed by atoms with Crippen LogP contribution in [0.2, 0.25) is 0 Å². The fourth-order valence-electron chi connectivity index (χ4n) is 7.09. The molecule has 1 aromatic carbocycles. The van der Waals surface area contributed by atoms with Crippen molar-refractivity contribution in [3.63, 3.8) is 0 Å². The number of rotatable bonds is 11. The molecule has 0 spiro atoms. The molecule has 45 heavy (non-hydrogen) atoms. The van der Waals surface area contributed by atoms with Crippen LogP contribution in [0.5, 0.6) is 0 Å². The standard InChI is InChI=1S/C36H52N2O3.2C2H6/c1-9-32-22-33(40-7)12-13-34(41-8)35(32)27(4)21-28(5)36(38(29(6)39)24-30-10-11-30)14-16-37(17-15-36)23-31-19-25(2)18-26(3)20-31;2*1-2/h13,18-22,27,30H,9-12,14-17,23-24H2,1-8H3;2*1-2H3/b28-21+;;. The number of carbonyl (C=O) groups is 1. The molecule has 1 saturated carbocycles. The van der Waals surface area contributed by atoms with E-state index in [1.54, 1.807) is 21.1 Å². The van der Waals surface area contributed by atoms with Crippen LogP contribution >= 0.6 is 0 Å². The van der Waals surface area contributed by atoms with Crippen LogP contribution in [0.4, 0.5) is 0 Å². The summed E-state index contributed by atoms with van der Waals surface area (Å²) in [5, 5.41) is 0. The minimum absolute atomic E-state index is 0.142. The third-order valence-electron chi connectivity index (χ3n) is 9.39. The van der Waals surface area contributed by atoms with Crippen LogP contribution < -0.4 is 0 Å². The number of carbonyl (C=O) groups excluding carboxylic acids is 1. The molecule has 0 aromatic heterocycles. The minimum atomic E-state index is -0.260. The predicted molar refractivity (Wildman–Crippen MR) is 191 cm³/mol. The van der Waals surface area contributed by atoms with Crippen LogP contribution in [0, 0.1) is 25.7 Å². The number of methoxy groups -OCH3 is 2. The normalized spacial score (nSPS) is 19.1. The van der Waals surface area contributed by atoms with Crippen LogP contribution in [0.1, 0.15) is 111 Å². The molecular weight excluding hydrogens is 556 g/mol. The molecule has 1 atom stereocenters. The third-order valence-corrected chi connectivity index (χ3v) is 9.39. The Labute approximate surface area is 276 Å². The number of hydrogen-bond donors (Lipinski definition) is 0. The Morgan fingerprint density at radius 1 is 1.02 bits per heavy atom. The first-order valence-electron chi connectivity index (χ1n) is 17.6. The maximum Gasteiger partial charge on any atom is 0.220 e. The highest BCUT2D eigenvalue weighted by atomic mass is 16.5. The van der Waals surface area contributed by atoms with Gasteiger partial charge in [-0.15, -0.1) is 0 Å². The zero-order valence-corrected chi connectivity index (χ0v) is 30.8. The number of benzene rings is 1. The van der Waals surface area contributed by atoms with Crippen LogP contribution in [-0.4, -0.2) is 55.1 Å². The summed E-state index contributed by atoms with van der Waals surface area (Å²) in [6.07, 6.45) is 12.8. The zero-order valence-electron chi connectivity index (χ0n) is 30.8. The van der Waals surface area contributed by atoms with Crippen molar-refractivity contribution in [1.82, 2.24) is 9.80 Å². The monoisotopic (exact) mass is 620 g/mol. The predicted octanol–water partition coefficient (Wildman–Crippen LogP) is 9.70. The Morgan fingerprint density at radius 3 is 2.11 bits per heavy atom. The molecule has 1 heterocycles. The van der Waals surface area contributed by atoms with Crippen molar-refractivity contribution in [2.24, 2.45) is 11.8 Å². The van der Waals surface area contributed by atoms with E-state index in [1.807, 2.05) is 27.7 Å². The summed E-state index contributed by atoms with van der Waals surface area (Å²) in [4.78, 5) is 18.1. The van der Waals surface area contributed by atoms with Gasteiger partial charge in [0.25, 0.3) is 0 Å². The van der Waals surface area contributed by atoms with Crippen molar-refractivity contribution in [3.05, 3.63) is 81.4 Å². The number of allylic oxidation sites excluding steroid dienone is 5. The van der Waals surface area contributed by atoms with Crippen molar-refractivity contribution in [1.29, 1.82) is 0 Å². The summed E-state index contributed by atoms with van der Waals surface area (Å²) < 4.78 is 11.6. The van der Waals surface area contributed by atoms with Gasteiger partial charge in [0.2, 0.25) is 5.91 Å². The molecule has 4 rings (SSSR count). The van der Waals surface area contributed by atoms with Crippen LogP contribution in [0.25, 0.3) is 0 Å². The average Bonchev–Trinajstić information content (AvgIpc) is 3.87. The molecule has 0 bridgehead atoms. The highest BCUT2D eigenvalue weighted by Gasteiger charge is 2.44. The van der Waals surface area contributed by atoms with Crippen LogP contribution in [0.3, 0.4) is 0 Å². The number of hydrogen-bond acceptors (Lipinski definition) is 4. The Kier molecular flexibility index (Phi) is 15.7. The van der Waals surface area contributed by atoms with E-state index in [2.05, 4.69) is 80.8 Å². The molecule has 1 amide bonds. The van der Waals surface area contributed by atoms with E-state index in [0.29, 0.717) is 5.92 Å². The van der Waals surface area contributed by atoms with Gasteiger partial charge < -0.3 is 14.4 Å². The first-order valence-corrected chi connectivity index (χ1v) is 17.6. The van der Waals surface area contributed by atoms with Gasteiger partial charge in [0, 0.05) is 51.0 Å². The lowest BCUT2D eigenvalue weighted by molar-refractivity contribution is -0.136. The second-order valence-electron chi connectivity index (χ2n) is 12.6. The highest BCUT2D eigenvalue weighted by molar-refractivity contribution is 5.75. The number of amides is 1. The van der Waals surface area contributed by atoms with Gasteiger partial charge in [-0.2, -0.15) is 0 Å². The van der Waals surface area contributed by atoms with Gasteiger partial charge in [-0.1, -0.05) is 82.5 Å². The van der Waals surface area contributed by atoms with Crippen LogP contribution in [-0.2, 0) is 20.8 Å². The van der Waals surface area contributed by atoms with Crippen molar-refractivity contribution >= 4 is 5.91 Å². The fraction of sp³-hybridized carbons (Fsp3) is 0.625. The second kappa shape index (κ2) is 18.4. The van der Waals surface area contributed by atoms with E-state index in [4.69, 9.17) is 9.47 Å². The molecule has 5 nitrogen and oxygen atoms in total. The Morgan fingerprint density at radius 2 is 1.62 bits per heavy atom. The zero-order chi connectivity index (χ0) is 33.7. The first kappa shape index (κ1) is 38.4. The largest absolute Gasteiger partial charge is 0.501 e. The van der Waals surface area contributed by atoms with E-state index >= 15 is 0 Å². The van der Waals surface area contributed by atoms with E-state index in [1.165, 1.54) is 46.3 Å². The molecule has 2 fully saturated rings. The van der Waals surface area contributed by atoms with E-state index in [0.717, 1.165) is 63.4 Å². The van der Waals surface area contributed by atoms with E-state index in [-0.39, 0.29) is 17.4 Å². The number of piperidine rings is 1. The van der Waals surface area contributed by atoms with Crippen LogP contribution in [0.15, 0.2) is 64.7 Å². The maximum atomic E-state index is 13.3. The van der Waals surface area contributed by atoms with Gasteiger partial charge in [0.1, 0.15) is 5.76 Å². The van der Waals surface area contributed by atoms with Gasteiger partial charge in [-0.25, -0.2) is 0 Å². The second-order valence-corrected chi connectivity index (χ2v) is 12.6. The molecule has 2 aliphatic carbocycles. The molecule has 252 valence electrons. The van der Waals surface area contributed by atoms with Gasteiger partial charge >= 0.3 is 0 Å². The summed E-state index contributed by atoms with van der Waals surface area (Å²) in [5.41, 5.74) is 7.55. The molecule has 1 unspecified atom stereocenters. The quantitative estimate of drug-likeness (QED) is 0.231. The topological polar surface area (TPSA) is 42.0 Å². The van der Waals surface area contributed by atoms with Crippen molar-refractivity contribution in [2.75, 3.05) is 33.9 Å². The smallest absolute Gasteiger partial charge is 0.220 e. The summed E-state index contributed by atoms with van der Waals surface area (Å²) in [5.74, 6) is 2.88. The lowest BCUT2D eigenvalue weighted by Gasteiger charge is -2.50. The number of likely N-dealkylation sites (tertiary alicyclic amines) is 1. The van der Waals surface area contributed by atoms with Gasteiger partial charge in [-0.05, 0) is 82.1 Å². The minimum Gasteiger partial charge on any atom is -0.501 e. The lowest BCUT2D eigenvalue weighted by Crippen LogP contribution is -2.58. The Hall–Kier alpha value is -2.79. The van der Waals surface area contributed by atoms with E-state index in [9.17, 15) is 4.79 Å². The summed E-state index contributed by atoms with van der Waals surface area (Å²) in [6.45, 7) is 24.7. The molecule has 0 radical (unpaired) electrons. The highest BCUT2D eigenvalue weighted by Crippen LogP contribution is 2.42. The van der Waals surface area contributed by atoms with Crippen molar-refractivity contribution in [2.45, 2.75) is 120 Å². The number of nitrogens with zero attached hydrogens (tertiary/aromatic N) is 2. The molecule has 5 heteroatoms. The molecule has 3 aliphatic rings. The first-order chi connectivity index (χ1) is 21.6. The summed E-state index contributed by atoms with van der Waals surface area (Å²) in [6, 6.07) is 6.87. The summed E-state index contributed by atoms with van der Waals surface area (Å²) >= 11 is 0. The fourth-order valence-corrected chi connectivity index (χ4v) is 7.09. The third kappa shape index (κ3) is 10.1. The molecular formula is C40H64N2O3. The van der Waals surface area contributed by atoms with Crippen molar-refractivity contribution < 1.29 is 14.3 Å². The Balaban J connectivity index is 0.00000169. The van der Waals surface area contributed by atoms with Gasteiger partial charge in [-0.3, -0.25) is 9.69 Å². The Bertz CT molecular complexity index is 1210. The van der Waals surface area contributed by atoms with Gasteiger partial charge in [0.15, 0.2) is 0 Å². The number of aryl methyl sites for hydroxylation is 2. The molecule has 1 aromatic rings. The average molecular weight is 621 g/mol. The van der Waals surface area contributed by atoms with Gasteiger partial charge in [0.05, 0.1) is 25.5 Å².